The van der Waals surface area contributed by atoms with Crippen LogP contribution in [-0.4, -0.2) is 35.8 Å². The Morgan fingerprint density at radius 3 is 2.36 bits per heavy atom. The number of benzene rings is 2. The molecule has 132 valence electrons. The van der Waals surface area contributed by atoms with E-state index in [1.807, 2.05) is 6.07 Å². The summed E-state index contributed by atoms with van der Waals surface area (Å²) in [5, 5.41) is 4.23. The van der Waals surface area contributed by atoms with Gasteiger partial charge in [-0.2, -0.15) is 0 Å². The lowest BCUT2D eigenvalue weighted by Gasteiger charge is -2.27. The molecule has 1 N–H and O–H groups in total. The van der Waals surface area contributed by atoms with Crippen LogP contribution in [0.3, 0.4) is 0 Å². The molecule has 0 radical (unpaired) electrons. The molecule has 2 aromatic carbocycles. The average molecular weight is 355 g/mol. The molecule has 0 amide bonds. The van der Waals surface area contributed by atoms with E-state index >= 15 is 0 Å². The van der Waals surface area contributed by atoms with Gasteiger partial charge in [0.1, 0.15) is 0 Å². The van der Waals surface area contributed by atoms with E-state index in [2.05, 4.69) is 64.8 Å². The molecule has 3 rings (SSSR count). The van der Waals surface area contributed by atoms with Gasteiger partial charge in [-0.25, -0.2) is 0 Å². The molecule has 25 heavy (non-hydrogen) atoms. The van der Waals surface area contributed by atoms with Crippen LogP contribution in [0.2, 0.25) is 0 Å². The van der Waals surface area contributed by atoms with E-state index in [0.29, 0.717) is 6.10 Å². The van der Waals surface area contributed by atoms with Crippen molar-refractivity contribution in [3.05, 3.63) is 71.8 Å². The summed E-state index contributed by atoms with van der Waals surface area (Å²) in [4.78, 5) is 2.26. The van der Waals surface area contributed by atoms with Gasteiger partial charge in [0.25, 0.3) is 0 Å². The molecule has 1 fully saturated rings. The molecule has 0 aromatic heterocycles. The van der Waals surface area contributed by atoms with Crippen molar-refractivity contribution in [3.63, 3.8) is 0 Å². The number of rotatable bonds is 7. The van der Waals surface area contributed by atoms with Crippen LogP contribution in [0.4, 0.5) is 0 Å². The monoisotopic (exact) mass is 354 g/mol. The van der Waals surface area contributed by atoms with Gasteiger partial charge in [0, 0.05) is 26.2 Å². The summed E-state index contributed by atoms with van der Waals surface area (Å²) >= 11 is 5.68. The molecule has 0 saturated carbocycles. The highest BCUT2D eigenvalue weighted by atomic mass is 32.1. The third kappa shape index (κ3) is 5.83. The van der Waals surface area contributed by atoms with Gasteiger partial charge in [-0.05, 0) is 42.6 Å². The first kappa shape index (κ1) is 17.9. The van der Waals surface area contributed by atoms with Crippen molar-refractivity contribution in [1.29, 1.82) is 0 Å². The van der Waals surface area contributed by atoms with E-state index in [1.54, 1.807) is 0 Å². The summed E-state index contributed by atoms with van der Waals surface area (Å²) in [6.07, 6.45) is 3.56. The Hall–Kier alpha value is -1.91. The molecule has 1 saturated heterocycles. The molecular weight excluding hydrogens is 328 g/mol. The molecule has 4 heteroatoms. The number of hydrogen-bond acceptors (Lipinski definition) is 2. The fourth-order valence-corrected chi connectivity index (χ4v) is 3.32. The number of thiocarbonyl (C=S) groups is 1. The van der Waals surface area contributed by atoms with Crippen LogP contribution in [0, 0.1) is 0 Å². The molecule has 0 aliphatic carbocycles. The van der Waals surface area contributed by atoms with Crippen molar-refractivity contribution in [1.82, 2.24) is 10.2 Å². The van der Waals surface area contributed by atoms with Gasteiger partial charge in [0.2, 0.25) is 0 Å². The fraction of sp³-hybridized carbons (Fsp3) is 0.381. The standard InChI is InChI=1S/C21H26N2OS/c25-21(22-16-20-12-7-15-24-20)23(17-19-10-5-2-6-11-19)14-13-18-8-3-1-4-9-18/h1-6,8-11,20H,7,12-17H2,(H,22,25)/t20-/m1/s1. The SMILES string of the molecule is S=C(NC[C@H]1CCCO1)N(CCc1ccccc1)Cc1ccccc1. The first-order valence-corrected chi connectivity index (χ1v) is 9.44. The molecule has 1 atom stereocenters. The van der Waals surface area contributed by atoms with Crippen LogP contribution < -0.4 is 5.32 Å². The zero-order chi connectivity index (χ0) is 17.3. The van der Waals surface area contributed by atoms with E-state index in [4.69, 9.17) is 17.0 Å². The lowest BCUT2D eigenvalue weighted by atomic mass is 10.1. The van der Waals surface area contributed by atoms with E-state index in [9.17, 15) is 0 Å². The molecule has 3 nitrogen and oxygen atoms in total. The lowest BCUT2D eigenvalue weighted by molar-refractivity contribution is 0.113. The Morgan fingerprint density at radius 2 is 1.72 bits per heavy atom. The summed E-state index contributed by atoms with van der Waals surface area (Å²) in [7, 11) is 0. The minimum absolute atomic E-state index is 0.297. The highest BCUT2D eigenvalue weighted by Gasteiger charge is 2.17. The van der Waals surface area contributed by atoms with Gasteiger partial charge >= 0.3 is 0 Å². The molecule has 0 bridgehead atoms. The smallest absolute Gasteiger partial charge is 0.169 e. The molecule has 0 unspecified atom stereocenters. The molecule has 1 aliphatic heterocycles. The van der Waals surface area contributed by atoms with E-state index < -0.39 is 0 Å². The first-order chi connectivity index (χ1) is 12.3. The zero-order valence-corrected chi connectivity index (χ0v) is 15.4. The van der Waals surface area contributed by atoms with Crippen molar-refractivity contribution >= 4 is 17.3 Å². The Labute approximate surface area is 156 Å². The molecule has 2 aromatic rings. The number of nitrogens with one attached hydrogen (secondary N) is 1. The summed E-state index contributed by atoms with van der Waals surface area (Å²) in [6, 6.07) is 21.1. The summed E-state index contributed by atoms with van der Waals surface area (Å²) in [6.45, 7) is 3.40. The van der Waals surface area contributed by atoms with Gasteiger partial charge < -0.3 is 15.0 Å². The fourth-order valence-electron chi connectivity index (χ4n) is 3.08. The van der Waals surface area contributed by atoms with Gasteiger partial charge in [0.15, 0.2) is 5.11 Å². The Bertz CT molecular complexity index is 641. The van der Waals surface area contributed by atoms with E-state index in [0.717, 1.165) is 50.6 Å². The minimum atomic E-state index is 0.297. The Balaban J connectivity index is 1.59. The van der Waals surface area contributed by atoms with Crippen LogP contribution in [0.15, 0.2) is 60.7 Å². The van der Waals surface area contributed by atoms with Crippen molar-refractivity contribution in [2.45, 2.75) is 31.9 Å². The van der Waals surface area contributed by atoms with Crippen molar-refractivity contribution in [2.75, 3.05) is 19.7 Å². The first-order valence-electron chi connectivity index (χ1n) is 9.03. The third-order valence-electron chi connectivity index (χ3n) is 4.52. The van der Waals surface area contributed by atoms with Crippen LogP contribution in [0.25, 0.3) is 0 Å². The number of ether oxygens (including phenoxy) is 1. The highest BCUT2D eigenvalue weighted by molar-refractivity contribution is 7.80. The quantitative estimate of drug-likeness (QED) is 0.765. The molecular formula is C21H26N2OS. The van der Waals surface area contributed by atoms with Crippen molar-refractivity contribution < 1.29 is 4.74 Å². The summed E-state index contributed by atoms with van der Waals surface area (Å²) in [5.41, 5.74) is 2.61. The second kappa shape index (κ2) is 9.54. The highest BCUT2D eigenvalue weighted by Crippen LogP contribution is 2.12. The second-order valence-electron chi connectivity index (χ2n) is 6.46. The Kier molecular flexibility index (Phi) is 6.83. The third-order valence-corrected chi connectivity index (χ3v) is 4.92. The van der Waals surface area contributed by atoms with Crippen LogP contribution in [0.1, 0.15) is 24.0 Å². The topological polar surface area (TPSA) is 24.5 Å². The van der Waals surface area contributed by atoms with Gasteiger partial charge in [-0.15, -0.1) is 0 Å². The Morgan fingerprint density at radius 1 is 1.04 bits per heavy atom. The molecule has 1 heterocycles. The summed E-state index contributed by atoms with van der Waals surface area (Å²) < 4.78 is 5.69. The van der Waals surface area contributed by atoms with Crippen molar-refractivity contribution in [2.24, 2.45) is 0 Å². The predicted octanol–water partition coefficient (Wildman–Crippen LogP) is 3.78. The van der Waals surface area contributed by atoms with Crippen LogP contribution in [0.5, 0.6) is 0 Å². The largest absolute Gasteiger partial charge is 0.376 e. The summed E-state index contributed by atoms with van der Waals surface area (Å²) in [5.74, 6) is 0. The lowest BCUT2D eigenvalue weighted by Crippen LogP contribution is -2.43. The van der Waals surface area contributed by atoms with Gasteiger partial charge in [-0.3, -0.25) is 0 Å². The van der Waals surface area contributed by atoms with Crippen molar-refractivity contribution in [3.8, 4) is 0 Å². The van der Waals surface area contributed by atoms with Gasteiger partial charge in [-0.1, -0.05) is 60.7 Å². The number of nitrogens with zero attached hydrogens (tertiary/aromatic N) is 1. The average Bonchev–Trinajstić information content (AvgIpc) is 3.18. The van der Waals surface area contributed by atoms with E-state index in [-0.39, 0.29) is 0 Å². The predicted molar refractivity (Wildman–Crippen MR) is 107 cm³/mol. The van der Waals surface area contributed by atoms with Gasteiger partial charge in [0.05, 0.1) is 6.10 Å². The zero-order valence-electron chi connectivity index (χ0n) is 14.6. The maximum atomic E-state index is 5.69. The van der Waals surface area contributed by atoms with Crippen LogP contribution in [-0.2, 0) is 17.7 Å². The molecule has 0 spiro atoms. The second-order valence-corrected chi connectivity index (χ2v) is 6.85. The maximum Gasteiger partial charge on any atom is 0.169 e. The molecule has 1 aliphatic rings. The minimum Gasteiger partial charge on any atom is -0.376 e. The van der Waals surface area contributed by atoms with Crippen LogP contribution >= 0.6 is 12.2 Å². The maximum absolute atomic E-state index is 5.69. The van der Waals surface area contributed by atoms with E-state index in [1.165, 1.54) is 11.1 Å². The number of hydrogen-bond donors (Lipinski definition) is 1. The normalized spacial score (nSPS) is 16.6.